The van der Waals surface area contributed by atoms with Gasteiger partial charge in [-0.15, -0.1) is 0 Å². The predicted octanol–water partition coefficient (Wildman–Crippen LogP) is 4.34. The number of aliphatic carboxylic acids is 1. The lowest BCUT2D eigenvalue weighted by Crippen LogP contribution is -2.45. The second kappa shape index (κ2) is 6.89. The lowest BCUT2D eigenvalue weighted by molar-refractivity contribution is -0.139. The molecule has 2 N–H and O–H groups in total. The van der Waals surface area contributed by atoms with Crippen LogP contribution in [0.1, 0.15) is 27.4 Å². The van der Waals surface area contributed by atoms with E-state index in [1.165, 1.54) is 0 Å². The lowest BCUT2D eigenvalue weighted by Gasteiger charge is -2.23. The summed E-state index contributed by atoms with van der Waals surface area (Å²) in [7, 11) is 0. The Labute approximate surface area is 161 Å². The van der Waals surface area contributed by atoms with Gasteiger partial charge in [-0.1, -0.05) is 72.3 Å². The molecule has 0 fully saturated rings. The SMILES string of the molecule is O=C(N[C@H](C(=O)O)C1c2ccccc2-c2ccccc21)c1ccccc1Cl. The molecule has 3 aromatic rings. The summed E-state index contributed by atoms with van der Waals surface area (Å²) in [6.45, 7) is 0. The summed E-state index contributed by atoms with van der Waals surface area (Å²) >= 11 is 6.10. The van der Waals surface area contributed by atoms with Gasteiger partial charge < -0.3 is 10.4 Å². The van der Waals surface area contributed by atoms with Gasteiger partial charge in [0.15, 0.2) is 0 Å². The molecule has 0 bridgehead atoms. The van der Waals surface area contributed by atoms with E-state index in [0.717, 1.165) is 22.3 Å². The average molecular weight is 378 g/mol. The molecule has 0 aliphatic heterocycles. The Bertz CT molecular complexity index is 1000. The second-order valence-corrected chi connectivity index (χ2v) is 6.83. The van der Waals surface area contributed by atoms with Gasteiger partial charge in [-0.2, -0.15) is 0 Å². The van der Waals surface area contributed by atoms with Crippen LogP contribution in [0.15, 0.2) is 72.8 Å². The smallest absolute Gasteiger partial charge is 0.327 e. The van der Waals surface area contributed by atoms with Crippen LogP contribution in [-0.2, 0) is 4.79 Å². The molecule has 4 rings (SSSR count). The highest BCUT2D eigenvalue weighted by molar-refractivity contribution is 6.33. The lowest BCUT2D eigenvalue weighted by atomic mass is 9.89. The number of carboxylic acid groups (broad SMARTS) is 1. The van der Waals surface area contributed by atoms with Crippen LogP contribution in [-0.4, -0.2) is 23.0 Å². The van der Waals surface area contributed by atoms with E-state index in [9.17, 15) is 14.7 Å². The minimum Gasteiger partial charge on any atom is -0.480 e. The molecular formula is C22H16ClNO3. The Morgan fingerprint density at radius 1 is 0.852 bits per heavy atom. The normalized spacial score (nSPS) is 13.5. The van der Waals surface area contributed by atoms with Crippen LogP contribution >= 0.6 is 11.6 Å². The van der Waals surface area contributed by atoms with Crippen LogP contribution < -0.4 is 5.32 Å². The quantitative estimate of drug-likeness (QED) is 0.711. The summed E-state index contributed by atoms with van der Waals surface area (Å²) in [4.78, 5) is 24.8. The molecule has 0 spiro atoms. The molecule has 3 aromatic carbocycles. The third-order valence-electron chi connectivity index (χ3n) is 4.89. The van der Waals surface area contributed by atoms with Gasteiger partial charge in [0.25, 0.3) is 5.91 Å². The van der Waals surface area contributed by atoms with E-state index in [1.54, 1.807) is 24.3 Å². The molecule has 134 valence electrons. The second-order valence-electron chi connectivity index (χ2n) is 6.42. The highest BCUT2D eigenvalue weighted by Crippen LogP contribution is 2.46. The average Bonchev–Trinajstić information content (AvgIpc) is 3.00. The van der Waals surface area contributed by atoms with Crippen molar-refractivity contribution in [3.63, 3.8) is 0 Å². The Kier molecular flexibility index (Phi) is 4.42. The van der Waals surface area contributed by atoms with Crippen molar-refractivity contribution in [3.8, 4) is 11.1 Å². The van der Waals surface area contributed by atoms with Crippen LogP contribution in [0, 0.1) is 0 Å². The molecular weight excluding hydrogens is 362 g/mol. The topological polar surface area (TPSA) is 66.4 Å². The molecule has 1 atom stereocenters. The van der Waals surface area contributed by atoms with E-state index in [-0.39, 0.29) is 10.6 Å². The van der Waals surface area contributed by atoms with Crippen LogP contribution in [0.3, 0.4) is 0 Å². The highest BCUT2D eigenvalue weighted by atomic mass is 35.5. The van der Waals surface area contributed by atoms with Gasteiger partial charge in [0, 0.05) is 5.92 Å². The predicted molar refractivity (Wildman–Crippen MR) is 104 cm³/mol. The van der Waals surface area contributed by atoms with Crippen LogP contribution in [0.25, 0.3) is 11.1 Å². The fourth-order valence-electron chi connectivity index (χ4n) is 3.71. The van der Waals surface area contributed by atoms with E-state index in [2.05, 4.69) is 5.32 Å². The molecule has 0 unspecified atom stereocenters. The van der Waals surface area contributed by atoms with Crippen LogP contribution in [0.4, 0.5) is 0 Å². The Hall–Kier alpha value is -3.11. The van der Waals surface area contributed by atoms with Crippen molar-refractivity contribution < 1.29 is 14.7 Å². The van der Waals surface area contributed by atoms with Crippen LogP contribution in [0.2, 0.25) is 5.02 Å². The third kappa shape index (κ3) is 2.98. The van der Waals surface area contributed by atoms with Crippen LogP contribution in [0.5, 0.6) is 0 Å². The van der Waals surface area contributed by atoms with Crippen molar-refractivity contribution in [2.45, 2.75) is 12.0 Å². The minimum atomic E-state index is -1.11. The van der Waals surface area contributed by atoms with Gasteiger partial charge in [-0.05, 0) is 34.4 Å². The number of hydrogen-bond donors (Lipinski definition) is 2. The maximum atomic E-state index is 12.7. The Morgan fingerprint density at radius 2 is 1.37 bits per heavy atom. The van der Waals surface area contributed by atoms with Gasteiger partial charge in [0.1, 0.15) is 6.04 Å². The first-order valence-electron chi connectivity index (χ1n) is 8.54. The number of hydrogen-bond acceptors (Lipinski definition) is 2. The van der Waals surface area contributed by atoms with Crippen molar-refractivity contribution in [1.82, 2.24) is 5.32 Å². The summed E-state index contributed by atoms with van der Waals surface area (Å²) < 4.78 is 0. The number of rotatable bonds is 4. The zero-order valence-electron chi connectivity index (χ0n) is 14.2. The van der Waals surface area contributed by atoms with Crippen molar-refractivity contribution in [2.24, 2.45) is 0 Å². The maximum absolute atomic E-state index is 12.7. The number of fused-ring (bicyclic) bond motifs is 3. The Morgan fingerprint density at radius 3 is 1.93 bits per heavy atom. The first-order chi connectivity index (χ1) is 13.1. The number of amides is 1. The zero-order valence-corrected chi connectivity index (χ0v) is 15.0. The molecule has 0 heterocycles. The third-order valence-corrected chi connectivity index (χ3v) is 5.22. The van der Waals surface area contributed by atoms with E-state index >= 15 is 0 Å². The largest absolute Gasteiger partial charge is 0.480 e. The van der Waals surface area contributed by atoms with Gasteiger partial charge in [-0.25, -0.2) is 4.79 Å². The minimum absolute atomic E-state index is 0.255. The molecule has 4 nitrogen and oxygen atoms in total. The van der Waals surface area contributed by atoms with Crippen molar-refractivity contribution in [3.05, 3.63) is 94.5 Å². The molecule has 0 aromatic heterocycles. The summed E-state index contributed by atoms with van der Waals surface area (Å²) in [5.41, 5.74) is 4.04. The maximum Gasteiger partial charge on any atom is 0.327 e. The first-order valence-corrected chi connectivity index (χ1v) is 8.92. The molecule has 27 heavy (non-hydrogen) atoms. The summed E-state index contributed by atoms with van der Waals surface area (Å²) in [5.74, 6) is -2.07. The number of benzene rings is 3. The van der Waals surface area contributed by atoms with E-state index < -0.39 is 23.8 Å². The van der Waals surface area contributed by atoms with Crippen molar-refractivity contribution in [1.29, 1.82) is 0 Å². The van der Waals surface area contributed by atoms with Gasteiger partial charge in [0.2, 0.25) is 0 Å². The number of nitrogens with one attached hydrogen (secondary N) is 1. The summed E-state index contributed by atoms with van der Waals surface area (Å²) in [5, 5.41) is 12.9. The molecule has 0 saturated heterocycles. The van der Waals surface area contributed by atoms with Crippen molar-refractivity contribution in [2.75, 3.05) is 0 Å². The van der Waals surface area contributed by atoms with Gasteiger partial charge in [0.05, 0.1) is 10.6 Å². The number of halogens is 1. The molecule has 1 aliphatic carbocycles. The van der Waals surface area contributed by atoms with Gasteiger partial charge >= 0.3 is 5.97 Å². The number of carboxylic acids is 1. The monoisotopic (exact) mass is 377 g/mol. The molecule has 1 amide bonds. The van der Waals surface area contributed by atoms with Gasteiger partial charge in [-0.3, -0.25) is 4.79 Å². The first kappa shape index (κ1) is 17.3. The van der Waals surface area contributed by atoms with Crippen molar-refractivity contribution >= 4 is 23.5 Å². The van der Waals surface area contributed by atoms with E-state index in [4.69, 9.17) is 11.6 Å². The Balaban J connectivity index is 1.76. The number of carbonyl (C=O) groups is 2. The number of carbonyl (C=O) groups excluding carboxylic acids is 1. The highest BCUT2D eigenvalue weighted by Gasteiger charge is 2.39. The molecule has 1 aliphatic rings. The van der Waals surface area contributed by atoms with E-state index in [0.29, 0.717) is 0 Å². The molecule has 0 radical (unpaired) electrons. The standard InChI is InChI=1S/C22H16ClNO3/c23-18-12-6-5-11-17(18)21(25)24-20(22(26)27)19-15-9-3-1-7-13(15)14-8-2-4-10-16(14)19/h1-12,19-20H,(H,24,25)(H,26,27)/t20-/m0/s1. The van der Waals surface area contributed by atoms with E-state index in [1.807, 2.05) is 48.5 Å². The summed E-state index contributed by atoms with van der Waals surface area (Å²) in [6.07, 6.45) is 0. The molecule has 0 saturated carbocycles. The molecule has 5 heteroatoms. The fraction of sp³-hybridized carbons (Fsp3) is 0.0909. The fourth-order valence-corrected chi connectivity index (χ4v) is 3.93. The summed E-state index contributed by atoms with van der Waals surface area (Å²) in [6, 6.07) is 20.9. The zero-order chi connectivity index (χ0) is 19.0.